The number of hydrogen-bond donors (Lipinski definition) is 1. The Labute approximate surface area is 132 Å². The smallest absolute Gasteiger partial charge is 0.337 e. The average molecular weight is 334 g/mol. The highest BCUT2D eigenvalue weighted by atomic mass is 35.5. The molecular formula is C14H20ClNO4S. The summed E-state index contributed by atoms with van der Waals surface area (Å²) in [6.07, 6.45) is 2.56. The molecule has 1 unspecified atom stereocenters. The van der Waals surface area contributed by atoms with Gasteiger partial charge in [0.15, 0.2) is 0 Å². The molecule has 1 rings (SSSR count). The first-order valence-electron chi connectivity index (χ1n) is 6.64. The summed E-state index contributed by atoms with van der Waals surface area (Å²) in [6, 6.07) is 4.91. The van der Waals surface area contributed by atoms with Crippen molar-refractivity contribution in [2.45, 2.75) is 26.2 Å². The molecule has 5 nitrogen and oxygen atoms in total. The molecule has 0 fully saturated rings. The van der Waals surface area contributed by atoms with E-state index in [0.717, 1.165) is 24.8 Å². The minimum absolute atomic E-state index is 0.421. The van der Waals surface area contributed by atoms with Crippen molar-refractivity contribution in [3.05, 3.63) is 29.3 Å². The van der Waals surface area contributed by atoms with E-state index < -0.39 is 17.2 Å². The molecule has 0 bridgehead atoms. The van der Waals surface area contributed by atoms with Gasteiger partial charge in [0.1, 0.15) is 0 Å². The molecule has 0 saturated heterocycles. The van der Waals surface area contributed by atoms with Crippen LogP contribution in [0.1, 0.15) is 35.2 Å². The molecule has 1 aromatic rings. The van der Waals surface area contributed by atoms with Crippen molar-refractivity contribution >= 4 is 34.5 Å². The molecule has 0 aliphatic rings. The SMILES string of the molecule is COC(=O)c1ccc(N(CCCCCCl)S(=O)O)c(C)c1. The molecular weight excluding hydrogens is 314 g/mol. The fourth-order valence-electron chi connectivity index (χ4n) is 1.99. The number of esters is 1. The van der Waals surface area contributed by atoms with Gasteiger partial charge in [-0.1, -0.05) is 6.42 Å². The van der Waals surface area contributed by atoms with E-state index in [1.54, 1.807) is 25.1 Å². The lowest BCUT2D eigenvalue weighted by atomic mass is 10.1. The third-order valence-corrected chi connectivity index (χ3v) is 4.09. The molecule has 1 atom stereocenters. The minimum Gasteiger partial charge on any atom is -0.465 e. The van der Waals surface area contributed by atoms with E-state index in [1.165, 1.54) is 11.4 Å². The standard InChI is InChI=1S/C14H20ClNO4S/c1-11-10-12(14(17)20-2)6-7-13(11)16(21(18)19)9-5-3-4-8-15/h6-7,10H,3-5,8-9H2,1-2H3,(H,18,19). The monoisotopic (exact) mass is 333 g/mol. The molecule has 0 radical (unpaired) electrons. The Balaban J connectivity index is 2.88. The van der Waals surface area contributed by atoms with Crippen LogP contribution in [0.2, 0.25) is 0 Å². The molecule has 0 aromatic heterocycles. The predicted molar refractivity (Wildman–Crippen MR) is 85.2 cm³/mol. The van der Waals surface area contributed by atoms with Gasteiger partial charge in [-0.2, -0.15) is 0 Å². The van der Waals surface area contributed by atoms with Crippen LogP contribution in [0, 0.1) is 6.92 Å². The second kappa shape index (κ2) is 9.02. The Morgan fingerprint density at radius 3 is 2.62 bits per heavy atom. The van der Waals surface area contributed by atoms with Crippen molar-refractivity contribution < 1.29 is 18.3 Å². The Morgan fingerprint density at radius 2 is 2.10 bits per heavy atom. The Hall–Kier alpha value is -1.11. The van der Waals surface area contributed by atoms with E-state index in [4.69, 9.17) is 11.6 Å². The van der Waals surface area contributed by atoms with Gasteiger partial charge in [-0.15, -0.1) is 11.6 Å². The van der Waals surface area contributed by atoms with Crippen LogP contribution in [-0.4, -0.2) is 34.3 Å². The Morgan fingerprint density at radius 1 is 1.38 bits per heavy atom. The highest BCUT2D eigenvalue weighted by Gasteiger charge is 2.16. The molecule has 0 heterocycles. The van der Waals surface area contributed by atoms with Crippen LogP contribution < -0.4 is 4.31 Å². The number of nitrogens with zero attached hydrogens (tertiary/aromatic N) is 1. The maximum Gasteiger partial charge on any atom is 0.337 e. The highest BCUT2D eigenvalue weighted by molar-refractivity contribution is 7.80. The summed E-state index contributed by atoms with van der Waals surface area (Å²) in [4.78, 5) is 11.5. The number of methoxy groups -OCH3 is 1. The summed E-state index contributed by atoms with van der Waals surface area (Å²) in [5, 5.41) is 0. The van der Waals surface area contributed by atoms with Crippen LogP contribution in [-0.2, 0) is 16.0 Å². The van der Waals surface area contributed by atoms with Gasteiger partial charge >= 0.3 is 5.97 Å². The van der Waals surface area contributed by atoms with Crippen molar-refractivity contribution in [3.8, 4) is 0 Å². The summed E-state index contributed by atoms with van der Waals surface area (Å²) >= 11 is 3.51. The number of carbonyl (C=O) groups is 1. The fourth-order valence-corrected chi connectivity index (χ4v) is 2.84. The van der Waals surface area contributed by atoms with Crippen LogP contribution in [0.25, 0.3) is 0 Å². The van der Waals surface area contributed by atoms with Crippen molar-refractivity contribution in [3.63, 3.8) is 0 Å². The zero-order valence-electron chi connectivity index (χ0n) is 12.2. The maximum atomic E-state index is 11.5. The first kappa shape index (κ1) is 17.9. The predicted octanol–water partition coefficient (Wildman–Crippen LogP) is 3.13. The summed E-state index contributed by atoms with van der Waals surface area (Å²) in [5.41, 5.74) is 1.80. The number of hydrogen-bond acceptors (Lipinski definition) is 3. The molecule has 0 spiro atoms. The molecule has 0 aliphatic carbocycles. The number of alkyl halides is 1. The van der Waals surface area contributed by atoms with Gasteiger partial charge in [0.2, 0.25) is 0 Å². The van der Waals surface area contributed by atoms with Crippen molar-refractivity contribution in [1.82, 2.24) is 0 Å². The number of aryl methyl sites for hydroxylation is 1. The number of benzene rings is 1. The number of halogens is 1. The quantitative estimate of drug-likeness (QED) is 0.343. The van der Waals surface area contributed by atoms with E-state index in [9.17, 15) is 13.6 Å². The first-order chi connectivity index (χ1) is 10.0. The van der Waals surface area contributed by atoms with Crippen LogP contribution >= 0.6 is 11.6 Å². The summed E-state index contributed by atoms with van der Waals surface area (Å²) in [6.45, 7) is 2.25. The average Bonchev–Trinajstić information content (AvgIpc) is 2.47. The van der Waals surface area contributed by atoms with Gasteiger partial charge in [0.05, 0.1) is 18.4 Å². The molecule has 0 saturated carbocycles. The van der Waals surface area contributed by atoms with Gasteiger partial charge in [0, 0.05) is 12.4 Å². The lowest BCUT2D eigenvalue weighted by Crippen LogP contribution is -2.27. The summed E-state index contributed by atoms with van der Waals surface area (Å²) < 4.78 is 27.0. The number of unbranched alkanes of at least 4 members (excludes halogenated alkanes) is 2. The number of rotatable bonds is 8. The molecule has 118 valence electrons. The van der Waals surface area contributed by atoms with Gasteiger partial charge in [-0.25, -0.2) is 9.00 Å². The van der Waals surface area contributed by atoms with Crippen LogP contribution in [0.5, 0.6) is 0 Å². The van der Waals surface area contributed by atoms with Crippen molar-refractivity contribution in [1.29, 1.82) is 0 Å². The lowest BCUT2D eigenvalue weighted by molar-refractivity contribution is 0.0600. The first-order valence-corrected chi connectivity index (χ1v) is 8.24. The van der Waals surface area contributed by atoms with Crippen LogP contribution in [0.4, 0.5) is 5.69 Å². The fraction of sp³-hybridized carbons (Fsp3) is 0.500. The largest absolute Gasteiger partial charge is 0.465 e. The van der Waals surface area contributed by atoms with Crippen molar-refractivity contribution in [2.24, 2.45) is 0 Å². The Kier molecular flexibility index (Phi) is 7.71. The van der Waals surface area contributed by atoms with Gasteiger partial charge in [0.25, 0.3) is 11.3 Å². The molecule has 21 heavy (non-hydrogen) atoms. The second-order valence-corrected chi connectivity index (χ2v) is 5.86. The third kappa shape index (κ3) is 5.30. The summed E-state index contributed by atoms with van der Waals surface area (Å²) in [7, 11) is 1.32. The van der Waals surface area contributed by atoms with E-state index in [-0.39, 0.29) is 0 Å². The molecule has 0 amide bonds. The van der Waals surface area contributed by atoms with Crippen molar-refractivity contribution in [2.75, 3.05) is 23.8 Å². The van der Waals surface area contributed by atoms with Gasteiger partial charge in [-0.05, 0) is 43.5 Å². The molecule has 0 aliphatic heterocycles. The summed E-state index contributed by atoms with van der Waals surface area (Å²) in [5.74, 6) is 0.165. The van der Waals surface area contributed by atoms with E-state index in [2.05, 4.69) is 4.74 Å². The molecule has 1 N–H and O–H groups in total. The van der Waals surface area contributed by atoms with Gasteiger partial charge in [-0.3, -0.25) is 8.86 Å². The van der Waals surface area contributed by atoms with E-state index in [0.29, 0.717) is 23.7 Å². The Bertz CT molecular complexity index is 510. The van der Waals surface area contributed by atoms with Gasteiger partial charge < -0.3 is 4.74 Å². The van der Waals surface area contributed by atoms with E-state index >= 15 is 0 Å². The zero-order chi connectivity index (χ0) is 15.8. The highest BCUT2D eigenvalue weighted by Crippen LogP contribution is 2.23. The maximum absolute atomic E-state index is 11.5. The minimum atomic E-state index is -2.10. The lowest BCUT2D eigenvalue weighted by Gasteiger charge is -2.22. The second-order valence-electron chi connectivity index (χ2n) is 4.58. The number of anilines is 1. The topological polar surface area (TPSA) is 66.8 Å². The zero-order valence-corrected chi connectivity index (χ0v) is 13.7. The van der Waals surface area contributed by atoms with Crippen LogP contribution in [0.15, 0.2) is 18.2 Å². The van der Waals surface area contributed by atoms with Crippen LogP contribution in [0.3, 0.4) is 0 Å². The molecule has 1 aromatic carbocycles. The number of ether oxygens (including phenoxy) is 1. The normalized spacial score (nSPS) is 12.0. The number of carbonyl (C=O) groups excluding carboxylic acids is 1. The van der Waals surface area contributed by atoms with E-state index in [1.807, 2.05) is 0 Å². The third-order valence-electron chi connectivity index (χ3n) is 3.07. The molecule has 7 heteroatoms.